The van der Waals surface area contributed by atoms with Gasteiger partial charge in [-0.15, -0.1) is 0 Å². The molecule has 0 aliphatic carbocycles. The Morgan fingerprint density at radius 3 is 2.16 bits per heavy atom. The minimum atomic E-state index is -0.654. The zero-order valence-electron chi connectivity index (χ0n) is 12.4. The number of carbonyl (C=O) groups is 2. The molecule has 0 aliphatic heterocycles. The van der Waals surface area contributed by atoms with Gasteiger partial charge in [-0.2, -0.15) is 0 Å². The number of rotatable bonds is 5. The van der Waals surface area contributed by atoms with Crippen LogP contribution < -0.4 is 0 Å². The SMILES string of the molecule is CCC(=O)C(C)C(=O)c1ncc(CC(C)(C)C)cn1. The van der Waals surface area contributed by atoms with Crippen molar-refractivity contribution in [1.82, 2.24) is 9.97 Å². The van der Waals surface area contributed by atoms with E-state index in [1.54, 1.807) is 26.2 Å². The number of ketones is 2. The van der Waals surface area contributed by atoms with Crippen molar-refractivity contribution in [1.29, 1.82) is 0 Å². The van der Waals surface area contributed by atoms with E-state index in [1.165, 1.54) is 0 Å². The normalized spacial score (nSPS) is 13.1. The van der Waals surface area contributed by atoms with E-state index < -0.39 is 5.92 Å². The van der Waals surface area contributed by atoms with E-state index in [4.69, 9.17) is 0 Å². The van der Waals surface area contributed by atoms with Crippen LogP contribution in [0.5, 0.6) is 0 Å². The predicted molar refractivity (Wildman–Crippen MR) is 74.0 cm³/mol. The van der Waals surface area contributed by atoms with Crippen LogP contribution in [0.1, 0.15) is 57.2 Å². The van der Waals surface area contributed by atoms with Crippen molar-refractivity contribution in [3.63, 3.8) is 0 Å². The highest BCUT2D eigenvalue weighted by molar-refractivity contribution is 6.08. The van der Waals surface area contributed by atoms with Crippen LogP contribution in [-0.4, -0.2) is 21.5 Å². The summed E-state index contributed by atoms with van der Waals surface area (Å²) in [5.41, 5.74) is 1.15. The van der Waals surface area contributed by atoms with Gasteiger partial charge in [0.1, 0.15) is 5.78 Å². The van der Waals surface area contributed by atoms with Crippen LogP contribution in [0.25, 0.3) is 0 Å². The molecule has 0 bridgehead atoms. The maximum atomic E-state index is 12.0. The minimum Gasteiger partial charge on any atom is -0.299 e. The second-order valence-corrected chi connectivity index (χ2v) is 6.06. The molecule has 1 aromatic rings. The zero-order chi connectivity index (χ0) is 14.6. The molecule has 0 aromatic carbocycles. The van der Waals surface area contributed by atoms with Crippen LogP contribution in [0.2, 0.25) is 0 Å². The van der Waals surface area contributed by atoms with Crippen molar-refractivity contribution < 1.29 is 9.59 Å². The lowest BCUT2D eigenvalue weighted by Crippen LogP contribution is -2.22. The molecule has 4 nitrogen and oxygen atoms in total. The van der Waals surface area contributed by atoms with Gasteiger partial charge in [0.15, 0.2) is 5.82 Å². The summed E-state index contributed by atoms with van der Waals surface area (Å²) in [6.45, 7) is 9.76. The van der Waals surface area contributed by atoms with Gasteiger partial charge < -0.3 is 0 Å². The van der Waals surface area contributed by atoms with Crippen LogP contribution in [0.15, 0.2) is 12.4 Å². The first kappa shape index (κ1) is 15.5. The first-order valence-corrected chi connectivity index (χ1v) is 6.62. The third-order valence-electron chi connectivity index (χ3n) is 2.88. The Bertz CT molecular complexity index is 458. The molecule has 1 aromatic heterocycles. The Hall–Kier alpha value is -1.58. The highest BCUT2D eigenvalue weighted by Crippen LogP contribution is 2.19. The van der Waals surface area contributed by atoms with Gasteiger partial charge in [-0.1, -0.05) is 27.7 Å². The van der Waals surface area contributed by atoms with Gasteiger partial charge >= 0.3 is 0 Å². The van der Waals surface area contributed by atoms with Crippen molar-refractivity contribution in [2.75, 3.05) is 0 Å². The van der Waals surface area contributed by atoms with E-state index in [0.717, 1.165) is 12.0 Å². The minimum absolute atomic E-state index is 0.0765. The Morgan fingerprint density at radius 2 is 1.74 bits per heavy atom. The Morgan fingerprint density at radius 1 is 1.21 bits per heavy atom. The topological polar surface area (TPSA) is 59.9 Å². The third-order valence-corrected chi connectivity index (χ3v) is 2.88. The number of carbonyl (C=O) groups excluding carboxylic acids is 2. The highest BCUT2D eigenvalue weighted by Gasteiger charge is 2.23. The van der Waals surface area contributed by atoms with E-state index >= 15 is 0 Å². The Labute approximate surface area is 114 Å². The molecule has 104 valence electrons. The molecule has 1 rings (SSSR count). The zero-order valence-corrected chi connectivity index (χ0v) is 12.4. The molecule has 0 spiro atoms. The van der Waals surface area contributed by atoms with E-state index in [1.807, 2.05) is 0 Å². The highest BCUT2D eigenvalue weighted by atomic mass is 16.2. The summed E-state index contributed by atoms with van der Waals surface area (Å²) in [5.74, 6) is -0.896. The van der Waals surface area contributed by atoms with Crippen LogP contribution in [0, 0.1) is 11.3 Å². The molecule has 0 amide bonds. The van der Waals surface area contributed by atoms with E-state index in [2.05, 4.69) is 30.7 Å². The summed E-state index contributed by atoms with van der Waals surface area (Å²) in [4.78, 5) is 31.7. The fourth-order valence-electron chi connectivity index (χ4n) is 1.83. The Kier molecular flexibility index (Phi) is 4.92. The monoisotopic (exact) mass is 262 g/mol. The largest absolute Gasteiger partial charge is 0.299 e. The van der Waals surface area contributed by atoms with Crippen molar-refractivity contribution in [3.8, 4) is 0 Å². The third kappa shape index (κ3) is 4.54. The summed E-state index contributed by atoms with van der Waals surface area (Å²) < 4.78 is 0. The molecule has 0 N–H and O–H groups in total. The fraction of sp³-hybridized carbons (Fsp3) is 0.600. The summed E-state index contributed by atoms with van der Waals surface area (Å²) in [6.07, 6.45) is 4.56. The van der Waals surface area contributed by atoms with Gasteiger partial charge in [-0.3, -0.25) is 9.59 Å². The first-order chi connectivity index (χ1) is 8.74. The lowest BCUT2D eigenvalue weighted by Gasteiger charge is -2.17. The number of Topliss-reactive ketones (excluding diaryl/α,β-unsaturated/α-hetero) is 2. The second kappa shape index (κ2) is 6.04. The molecule has 0 saturated carbocycles. The summed E-state index contributed by atoms with van der Waals surface area (Å²) in [5, 5.41) is 0. The van der Waals surface area contributed by atoms with Gasteiger partial charge in [0.25, 0.3) is 0 Å². The molecule has 1 heterocycles. The smallest absolute Gasteiger partial charge is 0.210 e. The first-order valence-electron chi connectivity index (χ1n) is 6.62. The average molecular weight is 262 g/mol. The van der Waals surface area contributed by atoms with Crippen molar-refractivity contribution >= 4 is 11.6 Å². The molecule has 0 fully saturated rings. The van der Waals surface area contributed by atoms with Crippen molar-refractivity contribution in [2.24, 2.45) is 11.3 Å². The number of nitrogens with zero attached hydrogens (tertiary/aromatic N) is 2. The maximum absolute atomic E-state index is 12.0. The number of hydrogen-bond donors (Lipinski definition) is 0. The summed E-state index contributed by atoms with van der Waals surface area (Å²) in [7, 11) is 0. The molecular weight excluding hydrogens is 240 g/mol. The van der Waals surface area contributed by atoms with Gasteiger partial charge in [0.2, 0.25) is 5.78 Å². The maximum Gasteiger partial charge on any atom is 0.210 e. The lowest BCUT2D eigenvalue weighted by molar-refractivity contribution is -0.120. The molecule has 1 atom stereocenters. The quantitative estimate of drug-likeness (QED) is 0.604. The van der Waals surface area contributed by atoms with Crippen LogP contribution in [0.4, 0.5) is 0 Å². The molecule has 1 unspecified atom stereocenters. The second-order valence-electron chi connectivity index (χ2n) is 6.06. The predicted octanol–water partition coefficient (Wildman–Crippen LogP) is 2.86. The summed E-state index contributed by atoms with van der Waals surface area (Å²) in [6, 6.07) is 0. The van der Waals surface area contributed by atoms with Gasteiger partial charge in [-0.25, -0.2) is 9.97 Å². The van der Waals surface area contributed by atoms with Gasteiger partial charge in [0.05, 0.1) is 5.92 Å². The van der Waals surface area contributed by atoms with Crippen LogP contribution in [0.3, 0.4) is 0 Å². The van der Waals surface area contributed by atoms with Gasteiger partial charge in [0, 0.05) is 18.8 Å². The summed E-state index contributed by atoms with van der Waals surface area (Å²) >= 11 is 0. The van der Waals surface area contributed by atoms with Crippen LogP contribution in [-0.2, 0) is 11.2 Å². The van der Waals surface area contributed by atoms with E-state index in [-0.39, 0.29) is 22.8 Å². The molecule has 0 aliphatic rings. The standard InChI is InChI=1S/C15H22N2O2/c1-6-12(18)10(2)13(19)14-16-8-11(9-17-14)7-15(3,4)5/h8-10H,6-7H2,1-5H3. The molecule has 4 heteroatoms. The average Bonchev–Trinajstić information content (AvgIpc) is 2.35. The molecule has 0 radical (unpaired) electrons. The van der Waals surface area contributed by atoms with E-state index in [9.17, 15) is 9.59 Å². The molecule has 0 saturated heterocycles. The molecular formula is C15H22N2O2. The van der Waals surface area contributed by atoms with Gasteiger partial charge in [-0.05, 0) is 24.3 Å². The van der Waals surface area contributed by atoms with Crippen molar-refractivity contribution in [3.05, 3.63) is 23.8 Å². The van der Waals surface area contributed by atoms with Crippen LogP contribution >= 0.6 is 0 Å². The number of aromatic nitrogens is 2. The number of hydrogen-bond acceptors (Lipinski definition) is 4. The lowest BCUT2D eigenvalue weighted by atomic mass is 9.89. The molecule has 19 heavy (non-hydrogen) atoms. The van der Waals surface area contributed by atoms with E-state index in [0.29, 0.717) is 6.42 Å². The fourth-order valence-corrected chi connectivity index (χ4v) is 1.83. The Balaban J connectivity index is 2.82. The van der Waals surface area contributed by atoms with Crippen molar-refractivity contribution in [2.45, 2.75) is 47.5 Å².